The molecular formula is C43H49FN8O9. The van der Waals surface area contributed by atoms with Crippen LogP contribution in [-0.4, -0.2) is 73.2 Å². The second-order valence-electron chi connectivity index (χ2n) is 16.2. The maximum Gasteiger partial charge on any atom is 0.408 e. The highest BCUT2D eigenvalue weighted by molar-refractivity contribution is 5.98. The number of hydrogen-bond acceptors (Lipinski definition) is 10. The summed E-state index contributed by atoms with van der Waals surface area (Å²) in [6, 6.07) is 6.14. The number of carbonyl (C=O) groups is 5. The van der Waals surface area contributed by atoms with Crippen LogP contribution in [0.5, 0.6) is 0 Å². The van der Waals surface area contributed by atoms with Gasteiger partial charge in [-0.2, -0.15) is 0 Å². The lowest BCUT2D eigenvalue weighted by Gasteiger charge is -2.36. The summed E-state index contributed by atoms with van der Waals surface area (Å²) < 4.78 is 22.2. The number of primary amides is 1. The highest BCUT2D eigenvalue weighted by atomic mass is 19.1. The predicted molar refractivity (Wildman–Crippen MR) is 220 cm³/mol. The van der Waals surface area contributed by atoms with Gasteiger partial charge in [0, 0.05) is 41.4 Å². The molecule has 4 atom stereocenters. The van der Waals surface area contributed by atoms with Gasteiger partial charge >= 0.3 is 18.1 Å². The van der Waals surface area contributed by atoms with Gasteiger partial charge in [-0.1, -0.05) is 32.9 Å². The van der Waals surface area contributed by atoms with Crippen LogP contribution in [0.25, 0.3) is 22.3 Å². The fourth-order valence-electron chi connectivity index (χ4n) is 8.63. The molecule has 17 nitrogen and oxygen atoms in total. The van der Waals surface area contributed by atoms with Gasteiger partial charge in [-0.15, -0.1) is 0 Å². The Bertz CT molecular complexity index is 2540. The van der Waals surface area contributed by atoms with Crippen molar-refractivity contribution in [1.29, 1.82) is 0 Å². The van der Waals surface area contributed by atoms with E-state index in [1.807, 2.05) is 0 Å². The molecule has 5 amide bonds. The lowest BCUT2D eigenvalue weighted by Crippen LogP contribution is -2.51. The quantitative estimate of drug-likeness (QED) is 0.0666. The second-order valence-corrected chi connectivity index (χ2v) is 16.2. The Kier molecular flexibility index (Phi) is 11.6. The van der Waals surface area contributed by atoms with Crippen molar-refractivity contribution in [1.82, 2.24) is 25.1 Å². The molecule has 2 aromatic carbocycles. The van der Waals surface area contributed by atoms with Crippen molar-refractivity contribution in [3.05, 3.63) is 91.5 Å². The van der Waals surface area contributed by atoms with Crippen LogP contribution < -0.4 is 33.0 Å². The zero-order chi connectivity index (χ0) is 44.1. The largest absolute Gasteiger partial charge is 0.465 e. The topological polar surface area (TPSA) is 261 Å². The number of amides is 5. The summed E-state index contributed by atoms with van der Waals surface area (Å²) in [6.07, 6.45) is -0.113. The van der Waals surface area contributed by atoms with E-state index in [1.54, 1.807) is 58.0 Å². The smallest absolute Gasteiger partial charge is 0.408 e. The van der Waals surface area contributed by atoms with Gasteiger partial charge in [-0.25, -0.2) is 23.8 Å². The third-order valence-electron chi connectivity index (χ3n) is 12.2. The number of benzene rings is 2. The molecule has 0 saturated carbocycles. The van der Waals surface area contributed by atoms with Crippen molar-refractivity contribution >= 4 is 46.5 Å². The van der Waals surface area contributed by atoms with E-state index < -0.39 is 65.0 Å². The molecule has 2 aliphatic heterocycles. The number of rotatable bonds is 13. The first-order chi connectivity index (χ1) is 28.9. The molecule has 18 heteroatoms. The van der Waals surface area contributed by atoms with E-state index in [-0.39, 0.29) is 61.6 Å². The van der Waals surface area contributed by atoms with Crippen LogP contribution in [0.1, 0.15) is 91.4 Å². The number of pyridine rings is 2. The molecule has 3 aliphatic rings. The Morgan fingerprint density at radius 2 is 1.82 bits per heavy atom. The van der Waals surface area contributed by atoms with Gasteiger partial charge in [-0.05, 0) is 85.4 Å². The molecule has 61 heavy (non-hydrogen) atoms. The molecule has 0 saturated heterocycles. The lowest BCUT2D eigenvalue weighted by molar-refractivity contribution is -0.172. The number of fused-ring (bicyclic) bond motifs is 5. The van der Waals surface area contributed by atoms with Gasteiger partial charge < -0.3 is 46.9 Å². The van der Waals surface area contributed by atoms with Gasteiger partial charge in [0.15, 0.2) is 5.60 Å². The Morgan fingerprint density at radius 1 is 1.10 bits per heavy atom. The average Bonchev–Trinajstić information content (AvgIpc) is 3.60. The van der Waals surface area contributed by atoms with Crippen LogP contribution in [0.15, 0.2) is 41.2 Å². The van der Waals surface area contributed by atoms with E-state index in [2.05, 4.69) is 16.0 Å². The van der Waals surface area contributed by atoms with Crippen LogP contribution in [-0.2, 0) is 50.8 Å². The number of urea groups is 1. The Labute approximate surface area is 349 Å². The molecule has 9 N–H and O–H groups in total. The molecule has 0 bridgehead atoms. The summed E-state index contributed by atoms with van der Waals surface area (Å²) in [5.74, 6) is -2.55. The number of hydrogen-bond donors (Lipinski definition) is 7. The third kappa shape index (κ3) is 7.76. The van der Waals surface area contributed by atoms with Crippen LogP contribution in [0, 0.1) is 18.7 Å². The van der Waals surface area contributed by atoms with Crippen molar-refractivity contribution < 1.29 is 43.3 Å². The first kappa shape index (κ1) is 42.7. The van der Waals surface area contributed by atoms with E-state index in [0.717, 1.165) is 0 Å². The Hall–Kier alpha value is -6.40. The standard InChI is InChI=1S/C43H49FN8O9/c1-5-43(60)27-15-32-36-25(18-51(32)39(55)26(27)19-61-40(43)56)34-31(13-12-24-21(4)28(44)16-30(49-36)33(24)34)52(42(58)59)17-22-8-10-23(11-9-22)48-37(53)29(7-6-14-47-41(46)57)50-38(54)35(45)20(2)3/h8-11,15-16,20,29,31,35,60H,5-7,12-14,17-19,45H2,1-4H3,(H,48,53)(H,50,54)(H,58,59)(H3,46,47,57)/t29-,31-,35-,43-/m0/s1. The zero-order valence-electron chi connectivity index (χ0n) is 34.3. The lowest BCUT2D eigenvalue weighted by atomic mass is 9.81. The number of carboxylic acid groups (broad SMARTS) is 1. The predicted octanol–water partition coefficient (Wildman–Crippen LogP) is 3.55. The number of carbonyl (C=O) groups excluding carboxylic acids is 4. The van der Waals surface area contributed by atoms with Crippen molar-refractivity contribution in [3.8, 4) is 11.4 Å². The fourth-order valence-corrected chi connectivity index (χ4v) is 8.63. The molecule has 0 unspecified atom stereocenters. The van der Waals surface area contributed by atoms with Gasteiger partial charge in [0.25, 0.3) is 5.56 Å². The molecule has 0 spiro atoms. The number of esters is 1. The number of anilines is 1. The Balaban J connectivity index is 1.20. The number of ether oxygens (including phenoxy) is 1. The van der Waals surface area contributed by atoms with Gasteiger partial charge in [-0.3, -0.25) is 19.3 Å². The second kappa shape index (κ2) is 16.6. The molecular weight excluding hydrogens is 792 g/mol. The van der Waals surface area contributed by atoms with Crippen molar-refractivity contribution in [3.63, 3.8) is 0 Å². The molecule has 4 heterocycles. The summed E-state index contributed by atoms with van der Waals surface area (Å²) in [6.45, 7) is 6.65. The minimum absolute atomic E-state index is 0.0221. The SMILES string of the molecule is CC[C@@]1(O)C(=O)OCc2c1cc1n(c2=O)Cc2c-1nc1cc(F)c(C)c3c1c2[C@@H](N(Cc1ccc(NC(=O)[C@H](CCCNC(N)=O)NC(=O)[C@@H](N)C(C)C)cc1)C(=O)O)CC3. The van der Waals surface area contributed by atoms with Crippen LogP contribution >= 0.6 is 0 Å². The minimum atomic E-state index is -2.06. The van der Waals surface area contributed by atoms with E-state index in [0.29, 0.717) is 69.5 Å². The molecule has 0 fully saturated rings. The molecule has 4 aromatic rings. The summed E-state index contributed by atoms with van der Waals surface area (Å²) in [4.78, 5) is 83.6. The first-order valence-corrected chi connectivity index (χ1v) is 20.2. The van der Waals surface area contributed by atoms with Crippen molar-refractivity contribution in [2.45, 2.75) is 103 Å². The number of aryl methyl sites for hydroxylation is 1. The van der Waals surface area contributed by atoms with E-state index >= 15 is 4.39 Å². The van der Waals surface area contributed by atoms with Crippen LogP contribution in [0.4, 0.5) is 19.7 Å². The summed E-state index contributed by atoms with van der Waals surface area (Å²) in [7, 11) is 0. The molecule has 2 aromatic heterocycles. The number of nitrogens with one attached hydrogen (secondary N) is 3. The monoisotopic (exact) mass is 840 g/mol. The summed E-state index contributed by atoms with van der Waals surface area (Å²) in [5.41, 5.74) is 13.1. The average molecular weight is 841 g/mol. The maximum absolute atomic E-state index is 15.5. The highest BCUT2D eigenvalue weighted by Crippen LogP contribution is 2.48. The van der Waals surface area contributed by atoms with Gasteiger partial charge in [0.2, 0.25) is 11.8 Å². The fraction of sp³-hybridized carbons (Fsp3) is 0.419. The van der Waals surface area contributed by atoms with E-state index in [1.165, 1.54) is 15.5 Å². The van der Waals surface area contributed by atoms with Crippen LogP contribution in [0.2, 0.25) is 0 Å². The summed E-state index contributed by atoms with van der Waals surface area (Å²) in [5, 5.41) is 30.8. The minimum Gasteiger partial charge on any atom is -0.465 e. The number of nitrogens with two attached hydrogens (primary N) is 2. The molecule has 0 radical (unpaired) electrons. The van der Waals surface area contributed by atoms with E-state index in [4.69, 9.17) is 21.2 Å². The number of nitrogens with zero attached hydrogens (tertiary/aromatic N) is 3. The van der Waals surface area contributed by atoms with Crippen LogP contribution in [0.3, 0.4) is 0 Å². The number of cyclic esters (lactones) is 1. The summed E-state index contributed by atoms with van der Waals surface area (Å²) >= 11 is 0. The first-order valence-electron chi connectivity index (χ1n) is 20.2. The normalized spacial score (nSPS) is 18.4. The molecule has 322 valence electrons. The molecule has 1 aliphatic carbocycles. The maximum atomic E-state index is 15.5. The van der Waals surface area contributed by atoms with Crippen molar-refractivity contribution in [2.24, 2.45) is 17.4 Å². The van der Waals surface area contributed by atoms with E-state index in [9.17, 15) is 39.0 Å². The highest BCUT2D eigenvalue weighted by Gasteiger charge is 2.46. The number of aromatic nitrogens is 2. The zero-order valence-corrected chi connectivity index (χ0v) is 34.3. The van der Waals surface area contributed by atoms with Crippen molar-refractivity contribution in [2.75, 3.05) is 11.9 Å². The van der Waals surface area contributed by atoms with Gasteiger partial charge in [0.05, 0.1) is 41.1 Å². The third-order valence-corrected chi connectivity index (χ3v) is 12.2. The number of aliphatic hydroxyl groups is 1. The van der Waals surface area contributed by atoms with Gasteiger partial charge in [0.1, 0.15) is 18.5 Å². The molecule has 7 rings (SSSR count). The number of halogens is 1. The Morgan fingerprint density at radius 3 is 2.48 bits per heavy atom.